The van der Waals surface area contributed by atoms with Crippen molar-refractivity contribution in [2.45, 2.75) is 13.3 Å². The Morgan fingerprint density at radius 2 is 2.05 bits per heavy atom. The van der Waals surface area contributed by atoms with Gasteiger partial charge in [0.25, 0.3) is 0 Å². The zero-order valence-electron chi connectivity index (χ0n) is 11.3. The highest BCUT2D eigenvalue weighted by Gasteiger charge is 2.13. The van der Waals surface area contributed by atoms with Crippen LogP contribution in [-0.2, 0) is 6.42 Å². The van der Waals surface area contributed by atoms with Crippen LogP contribution in [0.3, 0.4) is 0 Å². The van der Waals surface area contributed by atoms with Crippen LogP contribution < -0.4 is 5.73 Å². The molecule has 2 aromatic heterocycles. The van der Waals surface area contributed by atoms with Crippen LogP contribution in [0.4, 0.5) is 5.69 Å². The monoisotopic (exact) mass is 337 g/mol. The quantitative estimate of drug-likeness (QED) is 0.726. The highest BCUT2D eigenvalue weighted by atomic mass is 35.5. The molecule has 3 rings (SSSR count). The third-order valence-corrected chi connectivity index (χ3v) is 4.92. The van der Waals surface area contributed by atoms with Crippen molar-refractivity contribution in [2.24, 2.45) is 0 Å². The van der Waals surface area contributed by atoms with Gasteiger partial charge in [-0.15, -0.1) is 11.3 Å². The largest absolute Gasteiger partial charge is 0.396 e. The summed E-state index contributed by atoms with van der Waals surface area (Å²) in [5.74, 6) is 0. The fraction of sp³-hybridized carbons (Fsp3) is 0.133. The lowest BCUT2D eigenvalue weighted by molar-refractivity contribution is 0.885. The zero-order chi connectivity index (χ0) is 15.0. The summed E-state index contributed by atoms with van der Waals surface area (Å²) in [5, 5.41) is 5.69. The summed E-state index contributed by atoms with van der Waals surface area (Å²) in [5.41, 5.74) is 8.26. The lowest BCUT2D eigenvalue weighted by atomic mass is 10.3. The molecule has 0 fully saturated rings. The van der Waals surface area contributed by atoms with Crippen LogP contribution in [0, 0.1) is 0 Å². The Bertz CT molecular complexity index is 792. The molecule has 2 heterocycles. The molecule has 108 valence electrons. The average Bonchev–Trinajstić information content (AvgIpc) is 3.05. The lowest BCUT2D eigenvalue weighted by Crippen LogP contribution is -1.95. The third kappa shape index (κ3) is 2.79. The molecule has 3 nitrogen and oxygen atoms in total. The summed E-state index contributed by atoms with van der Waals surface area (Å²) >= 11 is 13.8. The smallest absolute Gasteiger partial charge is 0.126 e. The van der Waals surface area contributed by atoms with Crippen molar-refractivity contribution in [1.82, 2.24) is 9.78 Å². The van der Waals surface area contributed by atoms with Gasteiger partial charge < -0.3 is 5.73 Å². The van der Waals surface area contributed by atoms with E-state index in [9.17, 15) is 0 Å². The molecule has 0 spiro atoms. The second kappa shape index (κ2) is 5.72. The number of aromatic nitrogens is 2. The lowest BCUT2D eigenvalue weighted by Gasteiger charge is -2.04. The molecule has 3 aromatic rings. The Hall–Kier alpha value is -1.49. The summed E-state index contributed by atoms with van der Waals surface area (Å²) < 4.78 is 1.69. The van der Waals surface area contributed by atoms with Crippen molar-refractivity contribution >= 4 is 40.2 Å². The van der Waals surface area contributed by atoms with Gasteiger partial charge in [-0.2, -0.15) is 5.10 Å². The molecule has 6 heteroatoms. The Labute approximate surface area is 136 Å². The predicted octanol–water partition coefficient (Wildman–Crippen LogP) is 5.05. The van der Waals surface area contributed by atoms with Gasteiger partial charge in [-0.3, -0.25) is 0 Å². The minimum absolute atomic E-state index is 0.539. The number of hydrogen-bond donors (Lipinski definition) is 1. The number of rotatable bonds is 3. The van der Waals surface area contributed by atoms with Crippen LogP contribution >= 0.6 is 34.5 Å². The van der Waals surface area contributed by atoms with Crippen LogP contribution in [0.5, 0.6) is 0 Å². The first kappa shape index (κ1) is 14.4. The fourth-order valence-electron chi connectivity index (χ4n) is 2.06. The molecule has 1 aromatic carbocycles. The number of aryl methyl sites for hydroxylation is 1. The van der Waals surface area contributed by atoms with Gasteiger partial charge in [-0.05, 0) is 36.8 Å². The molecular formula is C15H13Cl2N3S. The second-order valence-electron chi connectivity index (χ2n) is 4.59. The van der Waals surface area contributed by atoms with E-state index in [4.69, 9.17) is 28.9 Å². The number of hydrogen-bond acceptors (Lipinski definition) is 3. The number of nitrogen functional groups attached to an aromatic ring is 1. The van der Waals surface area contributed by atoms with Crippen molar-refractivity contribution in [1.29, 1.82) is 0 Å². The van der Waals surface area contributed by atoms with E-state index >= 15 is 0 Å². The summed E-state index contributed by atoms with van der Waals surface area (Å²) in [6.45, 7) is 2.13. The van der Waals surface area contributed by atoms with Gasteiger partial charge in [0.2, 0.25) is 0 Å². The maximum Gasteiger partial charge on any atom is 0.126 e. The van der Waals surface area contributed by atoms with E-state index in [0.29, 0.717) is 15.7 Å². The first-order valence-corrected chi connectivity index (χ1v) is 8.05. The van der Waals surface area contributed by atoms with Crippen molar-refractivity contribution < 1.29 is 0 Å². The highest BCUT2D eigenvalue weighted by molar-refractivity contribution is 7.15. The zero-order valence-corrected chi connectivity index (χ0v) is 13.6. The molecular weight excluding hydrogens is 325 g/mol. The standard InChI is InChI=1S/C15H13Cl2N3S/c1-2-10-4-6-14(21-10)15-12(18)8-20(19-15)13-5-3-9(16)7-11(13)17/h3-8H,2,18H2,1H3. The number of benzene rings is 1. The minimum Gasteiger partial charge on any atom is -0.396 e. The minimum atomic E-state index is 0.539. The summed E-state index contributed by atoms with van der Waals surface area (Å²) in [6, 6.07) is 9.45. The van der Waals surface area contributed by atoms with E-state index in [1.54, 1.807) is 34.3 Å². The Balaban J connectivity index is 2.05. The maximum absolute atomic E-state index is 6.21. The molecule has 0 saturated heterocycles. The molecule has 0 radical (unpaired) electrons. The van der Waals surface area contributed by atoms with Crippen LogP contribution in [0.2, 0.25) is 10.0 Å². The molecule has 21 heavy (non-hydrogen) atoms. The van der Waals surface area contributed by atoms with Crippen molar-refractivity contribution in [2.75, 3.05) is 5.73 Å². The normalized spacial score (nSPS) is 11.0. The molecule has 0 aliphatic heterocycles. The molecule has 0 saturated carbocycles. The molecule has 0 aliphatic rings. The first-order chi connectivity index (χ1) is 10.1. The van der Waals surface area contributed by atoms with E-state index in [1.807, 2.05) is 6.07 Å². The number of anilines is 1. The average molecular weight is 338 g/mol. The van der Waals surface area contributed by atoms with Gasteiger partial charge in [-0.1, -0.05) is 30.1 Å². The second-order valence-corrected chi connectivity index (χ2v) is 6.60. The van der Waals surface area contributed by atoms with Crippen LogP contribution in [0.25, 0.3) is 16.3 Å². The predicted molar refractivity (Wildman–Crippen MR) is 90.7 cm³/mol. The maximum atomic E-state index is 6.21. The highest BCUT2D eigenvalue weighted by Crippen LogP contribution is 2.33. The van der Waals surface area contributed by atoms with Gasteiger partial charge in [0, 0.05) is 9.90 Å². The van der Waals surface area contributed by atoms with Crippen LogP contribution in [0.1, 0.15) is 11.8 Å². The Kier molecular flexibility index (Phi) is 3.93. The van der Waals surface area contributed by atoms with Crippen molar-refractivity contribution in [3.05, 3.63) is 51.5 Å². The van der Waals surface area contributed by atoms with E-state index in [0.717, 1.165) is 22.7 Å². The van der Waals surface area contributed by atoms with Gasteiger partial charge >= 0.3 is 0 Å². The van der Waals surface area contributed by atoms with E-state index in [-0.39, 0.29) is 0 Å². The number of nitrogens with two attached hydrogens (primary N) is 1. The van der Waals surface area contributed by atoms with E-state index < -0.39 is 0 Å². The van der Waals surface area contributed by atoms with Crippen LogP contribution in [0.15, 0.2) is 36.5 Å². The molecule has 0 aliphatic carbocycles. The fourth-order valence-corrected chi connectivity index (χ4v) is 3.51. The topological polar surface area (TPSA) is 43.8 Å². The number of nitrogens with zero attached hydrogens (tertiary/aromatic N) is 2. The van der Waals surface area contributed by atoms with E-state index in [1.165, 1.54) is 4.88 Å². The molecule has 0 amide bonds. The van der Waals surface area contributed by atoms with Gasteiger partial charge in [0.05, 0.1) is 27.5 Å². The summed E-state index contributed by atoms with van der Waals surface area (Å²) in [6.07, 6.45) is 2.78. The number of thiophene rings is 1. The molecule has 0 bridgehead atoms. The van der Waals surface area contributed by atoms with Crippen LogP contribution in [-0.4, -0.2) is 9.78 Å². The third-order valence-electron chi connectivity index (χ3n) is 3.14. The van der Waals surface area contributed by atoms with Gasteiger partial charge in [0.1, 0.15) is 5.69 Å². The first-order valence-electron chi connectivity index (χ1n) is 6.48. The molecule has 0 atom stereocenters. The van der Waals surface area contributed by atoms with Crippen molar-refractivity contribution in [3.63, 3.8) is 0 Å². The SMILES string of the molecule is CCc1ccc(-c2nn(-c3ccc(Cl)cc3Cl)cc2N)s1. The molecule has 0 unspecified atom stereocenters. The Morgan fingerprint density at radius 1 is 1.24 bits per heavy atom. The molecule has 2 N–H and O–H groups in total. The van der Waals surface area contributed by atoms with Gasteiger partial charge in [-0.25, -0.2) is 4.68 Å². The summed E-state index contributed by atoms with van der Waals surface area (Å²) in [4.78, 5) is 2.37. The van der Waals surface area contributed by atoms with Crippen molar-refractivity contribution in [3.8, 4) is 16.3 Å². The van der Waals surface area contributed by atoms with Gasteiger partial charge in [0.15, 0.2) is 0 Å². The van der Waals surface area contributed by atoms with E-state index in [2.05, 4.69) is 24.2 Å². The summed E-state index contributed by atoms with van der Waals surface area (Å²) in [7, 11) is 0. The Morgan fingerprint density at radius 3 is 2.71 bits per heavy atom. The number of halogens is 2.